The number of aliphatic hydroxyl groups excluding tert-OH is 1. The maximum Gasteiger partial charge on any atom is 0.332 e. The summed E-state index contributed by atoms with van der Waals surface area (Å²) in [6, 6.07) is 0.167. The average molecular weight is 258 g/mol. The summed E-state index contributed by atoms with van der Waals surface area (Å²) in [5.74, 6) is -0.855. The normalized spacial score (nSPS) is 16.4. The number of carbonyl (C=O) groups is 2. The Hall–Kier alpha value is -1.30. The molecule has 0 radical (unpaired) electrons. The number of aliphatic hydroxyl groups is 1. The molecule has 0 aromatic carbocycles. The number of nitrogens with zero attached hydrogens (tertiary/aromatic N) is 1. The van der Waals surface area contributed by atoms with Crippen molar-refractivity contribution in [3.8, 4) is 0 Å². The summed E-state index contributed by atoms with van der Waals surface area (Å²) in [6.07, 6.45) is 0.696. The Kier molecular flexibility index (Phi) is 5.40. The number of hydrogen-bond donors (Lipinski definition) is 3. The maximum absolute atomic E-state index is 11.9. The van der Waals surface area contributed by atoms with Gasteiger partial charge in [0.15, 0.2) is 6.10 Å². The minimum Gasteiger partial charge on any atom is -0.479 e. The first kappa shape index (κ1) is 14.8. The zero-order valence-electron chi connectivity index (χ0n) is 10.9. The summed E-state index contributed by atoms with van der Waals surface area (Å²) in [5.41, 5.74) is 0. The van der Waals surface area contributed by atoms with Crippen molar-refractivity contribution in [1.82, 2.24) is 10.2 Å². The van der Waals surface area contributed by atoms with Crippen LogP contribution in [-0.2, 0) is 4.79 Å². The van der Waals surface area contributed by atoms with Gasteiger partial charge in [0.05, 0.1) is 0 Å². The number of carboxylic acids is 1. The van der Waals surface area contributed by atoms with E-state index in [2.05, 4.69) is 19.2 Å². The minimum absolute atomic E-state index is 0.0290. The second kappa shape index (κ2) is 6.58. The Balaban J connectivity index is 2.31. The summed E-state index contributed by atoms with van der Waals surface area (Å²) in [7, 11) is 0. The van der Waals surface area contributed by atoms with Crippen molar-refractivity contribution in [2.45, 2.75) is 45.3 Å². The van der Waals surface area contributed by atoms with E-state index in [9.17, 15) is 9.59 Å². The third-order valence-corrected chi connectivity index (χ3v) is 2.79. The molecule has 0 heterocycles. The van der Waals surface area contributed by atoms with E-state index in [0.29, 0.717) is 18.5 Å². The van der Waals surface area contributed by atoms with Gasteiger partial charge in [0, 0.05) is 25.6 Å². The van der Waals surface area contributed by atoms with Crippen molar-refractivity contribution >= 4 is 12.0 Å². The molecule has 1 fully saturated rings. The molecule has 0 aliphatic heterocycles. The predicted octanol–water partition coefficient (Wildman–Crippen LogP) is 0.652. The van der Waals surface area contributed by atoms with Gasteiger partial charge in [-0.15, -0.1) is 0 Å². The third kappa shape index (κ3) is 4.91. The lowest BCUT2D eigenvalue weighted by atomic mass is 10.2. The molecule has 0 aromatic rings. The number of nitrogens with one attached hydrogen (secondary N) is 1. The fourth-order valence-corrected chi connectivity index (χ4v) is 1.72. The zero-order valence-corrected chi connectivity index (χ0v) is 10.9. The van der Waals surface area contributed by atoms with Crippen LogP contribution in [0.1, 0.15) is 33.1 Å². The van der Waals surface area contributed by atoms with Gasteiger partial charge in [0.25, 0.3) is 0 Å². The van der Waals surface area contributed by atoms with Crippen LogP contribution in [0.2, 0.25) is 0 Å². The Morgan fingerprint density at radius 1 is 1.39 bits per heavy atom. The molecule has 6 nitrogen and oxygen atoms in total. The van der Waals surface area contributed by atoms with E-state index >= 15 is 0 Å². The van der Waals surface area contributed by atoms with Gasteiger partial charge in [0.1, 0.15) is 0 Å². The molecule has 1 rings (SSSR count). The predicted molar refractivity (Wildman–Crippen MR) is 66.2 cm³/mol. The van der Waals surface area contributed by atoms with Gasteiger partial charge in [-0.2, -0.15) is 0 Å². The molecule has 0 bridgehead atoms. The molecule has 18 heavy (non-hydrogen) atoms. The van der Waals surface area contributed by atoms with Crippen molar-refractivity contribution in [2.75, 3.05) is 13.1 Å². The zero-order chi connectivity index (χ0) is 13.7. The van der Waals surface area contributed by atoms with Crippen molar-refractivity contribution in [1.29, 1.82) is 0 Å². The van der Waals surface area contributed by atoms with Gasteiger partial charge in [0.2, 0.25) is 0 Å². The molecular weight excluding hydrogens is 236 g/mol. The fraction of sp³-hybridized carbons (Fsp3) is 0.833. The van der Waals surface area contributed by atoms with Crippen LogP contribution in [0.3, 0.4) is 0 Å². The van der Waals surface area contributed by atoms with Crippen LogP contribution in [0.25, 0.3) is 0 Å². The van der Waals surface area contributed by atoms with Crippen LogP contribution < -0.4 is 5.32 Å². The van der Waals surface area contributed by atoms with Gasteiger partial charge in [-0.3, -0.25) is 0 Å². The van der Waals surface area contributed by atoms with Crippen molar-refractivity contribution < 1.29 is 19.8 Å². The van der Waals surface area contributed by atoms with Crippen molar-refractivity contribution in [2.24, 2.45) is 5.92 Å². The molecule has 6 heteroatoms. The van der Waals surface area contributed by atoms with E-state index in [4.69, 9.17) is 10.2 Å². The first-order valence-electron chi connectivity index (χ1n) is 6.37. The molecule has 0 saturated heterocycles. The molecule has 104 valence electrons. The highest BCUT2D eigenvalue weighted by molar-refractivity contribution is 5.75. The topological polar surface area (TPSA) is 89.9 Å². The highest BCUT2D eigenvalue weighted by atomic mass is 16.4. The Morgan fingerprint density at radius 3 is 2.44 bits per heavy atom. The summed E-state index contributed by atoms with van der Waals surface area (Å²) in [6.45, 7) is 4.99. The monoisotopic (exact) mass is 258 g/mol. The second-order valence-corrected chi connectivity index (χ2v) is 5.15. The summed E-state index contributed by atoms with van der Waals surface area (Å²) in [5, 5.41) is 20.2. The lowest BCUT2D eigenvalue weighted by Gasteiger charge is -2.24. The van der Waals surface area contributed by atoms with Crippen molar-refractivity contribution in [3.63, 3.8) is 0 Å². The molecule has 1 saturated carbocycles. The Labute approximate surface area is 107 Å². The van der Waals surface area contributed by atoms with Crippen LogP contribution in [0.15, 0.2) is 0 Å². The fourth-order valence-electron chi connectivity index (χ4n) is 1.72. The van der Waals surface area contributed by atoms with Gasteiger partial charge < -0.3 is 20.4 Å². The summed E-state index contributed by atoms with van der Waals surface area (Å²) < 4.78 is 0. The van der Waals surface area contributed by atoms with Gasteiger partial charge in [-0.05, 0) is 18.8 Å². The quantitative estimate of drug-likeness (QED) is 0.625. The number of carboxylic acid groups (broad SMARTS) is 1. The van der Waals surface area contributed by atoms with Crippen molar-refractivity contribution in [3.05, 3.63) is 0 Å². The maximum atomic E-state index is 11.9. The van der Waals surface area contributed by atoms with Crippen LogP contribution in [-0.4, -0.2) is 52.3 Å². The SMILES string of the molecule is CC(C)CN(C(=O)NCC[C@H](O)C(=O)O)C1CC1. The van der Waals surface area contributed by atoms with Crippen LogP contribution >= 0.6 is 0 Å². The molecule has 1 aliphatic rings. The number of urea groups is 1. The van der Waals surface area contributed by atoms with E-state index < -0.39 is 12.1 Å². The molecule has 2 amide bonds. The number of carbonyl (C=O) groups excluding carboxylic acids is 1. The summed E-state index contributed by atoms with van der Waals surface area (Å²) in [4.78, 5) is 24.1. The Bertz CT molecular complexity index is 302. The number of hydrogen-bond acceptors (Lipinski definition) is 3. The van der Waals surface area contributed by atoms with Gasteiger partial charge >= 0.3 is 12.0 Å². The molecule has 1 atom stereocenters. The summed E-state index contributed by atoms with van der Waals surface area (Å²) >= 11 is 0. The van der Waals surface area contributed by atoms with E-state index in [1.807, 2.05) is 0 Å². The average Bonchev–Trinajstić information content (AvgIpc) is 3.08. The molecule has 0 aromatic heterocycles. The molecule has 1 aliphatic carbocycles. The Morgan fingerprint density at radius 2 is 2.00 bits per heavy atom. The number of aliphatic carboxylic acids is 1. The molecule has 0 spiro atoms. The first-order valence-corrected chi connectivity index (χ1v) is 6.37. The van der Waals surface area contributed by atoms with Crippen LogP contribution in [0, 0.1) is 5.92 Å². The molecular formula is C12H22N2O4. The van der Waals surface area contributed by atoms with E-state index in [1.165, 1.54) is 0 Å². The third-order valence-electron chi connectivity index (χ3n) is 2.79. The molecule has 3 N–H and O–H groups in total. The van der Waals surface area contributed by atoms with Crippen LogP contribution in [0.5, 0.6) is 0 Å². The standard InChI is InChI=1S/C12H22N2O4/c1-8(2)7-14(9-3-4-9)12(18)13-6-5-10(15)11(16)17/h8-10,15H,3-7H2,1-2H3,(H,13,18)(H,16,17)/t10-/m0/s1. The van der Waals surface area contributed by atoms with Gasteiger partial charge in [-0.1, -0.05) is 13.8 Å². The van der Waals surface area contributed by atoms with E-state index in [-0.39, 0.29) is 19.0 Å². The highest BCUT2D eigenvalue weighted by Gasteiger charge is 2.32. The lowest BCUT2D eigenvalue weighted by Crippen LogP contribution is -2.44. The van der Waals surface area contributed by atoms with E-state index in [0.717, 1.165) is 12.8 Å². The van der Waals surface area contributed by atoms with Gasteiger partial charge in [-0.25, -0.2) is 9.59 Å². The lowest BCUT2D eigenvalue weighted by molar-refractivity contribution is -0.146. The van der Waals surface area contributed by atoms with E-state index in [1.54, 1.807) is 4.90 Å². The molecule has 0 unspecified atom stereocenters. The second-order valence-electron chi connectivity index (χ2n) is 5.15. The minimum atomic E-state index is -1.41. The smallest absolute Gasteiger partial charge is 0.332 e. The number of amides is 2. The highest BCUT2D eigenvalue weighted by Crippen LogP contribution is 2.27. The first-order chi connectivity index (χ1) is 8.41. The largest absolute Gasteiger partial charge is 0.479 e. The van der Waals surface area contributed by atoms with Crippen LogP contribution in [0.4, 0.5) is 4.79 Å². The number of rotatable bonds is 7.